The Kier molecular flexibility index (Phi) is 4.83. The molecule has 0 radical (unpaired) electrons. The van der Waals surface area contributed by atoms with Crippen LogP contribution >= 0.6 is 35.0 Å². The van der Waals surface area contributed by atoms with Gasteiger partial charge in [0.2, 0.25) is 0 Å². The molecule has 3 aromatic rings. The van der Waals surface area contributed by atoms with Crippen molar-refractivity contribution in [3.05, 3.63) is 81.4 Å². The highest BCUT2D eigenvalue weighted by molar-refractivity contribution is 8.19. The Bertz CT molecular complexity index is 1070. The van der Waals surface area contributed by atoms with Crippen molar-refractivity contribution in [2.45, 2.75) is 0 Å². The van der Waals surface area contributed by atoms with Crippen molar-refractivity contribution < 1.29 is 14.0 Å². The smallest absolute Gasteiger partial charge is 0.298 e. The van der Waals surface area contributed by atoms with Gasteiger partial charge in [-0.3, -0.25) is 9.59 Å². The summed E-state index contributed by atoms with van der Waals surface area (Å²) in [7, 11) is 0. The SMILES string of the molecule is O=C1S/C(=C/c2ccc(-c3ccccc3Cl)o2)C(=O)N1c1ccc(Cl)cc1. The summed E-state index contributed by atoms with van der Waals surface area (Å²) in [6, 6.07) is 17.3. The van der Waals surface area contributed by atoms with E-state index < -0.39 is 5.91 Å². The quantitative estimate of drug-likeness (QED) is 0.458. The molecule has 27 heavy (non-hydrogen) atoms. The number of hydrogen-bond acceptors (Lipinski definition) is 4. The predicted molar refractivity (Wildman–Crippen MR) is 109 cm³/mol. The van der Waals surface area contributed by atoms with Crippen LogP contribution in [-0.4, -0.2) is 11.1 Å². The highest BCUT2D eigenvalue weighted by Gasteiger charge is 2.36. The molecule has 1 aliphatic rings. The molecule has 2 heterocycles. The molecule has 0 bridgehead atoms. The third-order valence-electron chi connectivity index (χ3n) is 3.92. The van der Waals surface area contributed by atoms with Crippen molar-refractivity contribution in [1.29, 1.82) is 0 Å². The number of rotatable bonds is 3. The number of furan rings is 1. The molecule has 4 rings (SSSR count). The average Bonchev–Trinajstić information content (AvgIpc) is 3.22. The van der Waals surface area contributed by atoms with E-state index in [1.165, 1.54) is 0 Å². The number of nitrogens with zero attached hydrogens (tertiary/aromatic N) is 1. The van der Waals surface area contributed by atoms with Gasteiger partial charge in [-0.1, -0.05) is 35.3 Å². The normalized spacial score (nSPS) is 15.8. The second kappa shape index (κ2) is 7.27. The van der Waals surface area contributed by atoms with E-state index >= 15 is 0 Å². The van der Waals surface area contributed by atoms with Gasteiger partial charge in [0.05, 0.1) is 15.6 Å². The molecule has 2 aromatic carbocycles. The molecule has 0 atom stereocenters. The average molecular weight is 416 g/mol. The first-order chi connectivity index (χ1) is 13.0. The summed E-state index contributed by atoms with van der Waals surface area (Å²) in [5.74, 6) is 0.651. The fraction of sp³-hybridized carbons (Fsp3) is 0. The molecular weight excluding hydrogens is 405 g/mol. The van der Waals surface area contributed by atoms with Crippen LogP contribution in [0.3, 0.4) is 0 Å². The topological polar surface area (TPSA) is 50.5 Å². The number of hydrogen-bond donors (Lipinski definition) is 0. The summed E-state index contributed by atoms with van der Waals surface area (Å²) in [6.45, 7) is 0. The first kappa shape index (κ1) is 17.9. The van der Waals surface area contributed by atoms with Gasteiger partial charge < -0.3 is 4.42 Å². The third-order valence-corrected chi connectivity index (χ3v) is 5.37. The zero-order valence-electron chi connectivity index (χ0n) is 13.7. The minimum Gasteiger partial charge on any atom is -0.457 e. The van der Waals surface area contributed by atoms with Crippen molar-refractivity contribution in [3.8, 4) is 11.3 Å². The van der Waals surface area contributed by atoms with Gasteiger partial charge in [-0.05, 0) is 60.3 Å². The molecule has 0 aliphatic carbocycles. The molecule has 4 nitrogen and oxygen atoms in total. The monoisotopic (exact) mass is 415 g/mol. The minimum atomic E-state index is -0.400. The van der Waals surface area contributed by atoms with E-state index in [1.54, 1.807) is 48.5 Å². The number of carbonyl (C=O) groups is 2. The summed E-state index contributed by atoms with van der Waals surface area (Å²) in [4.78, 5) is 26.3. The van der Waals surface area contributed by atoms with Gasteiger partial charge in [-0.15, -0.1) is 0 Å². The molecule has 0 N–H and O–H groups in total. The molecule has 2 amide bonds. The predicted octanol–water partition coefficient (Wildman–Crippen LogP) is 6.49. The summed E-state index contributed by atoms with van der Waals surface area (Å²) < 4.78 is 5.78. The molecule has 7 heteroatoms. The highest BCUT2D eigenvalue weighted by atomic mass is 35.5. The molecule has 0 unspecified atom stereocenters. The number of halogens is 2. The lowest BCUT2D eigenvalue weighted by molar-refractivity contribution is -0.113. The summed E-state index contributed by atoms with van der Waals surface area (Å²) in [5.41, 5.74) is 1.23. The molecular formula is C20H11Cl2NO3S. The zero-order valence-corrected chi connectivity index (χ0v) is 16.0. The molecule has 1 saturated heterocycles. The maximum atomic E-state index is 12.7. The standard InChI is InChI=1S/C20H11Cl2NO3S/c21-12-5-7-13(8-6-12)23-19(24)18(27-20(23)25)11-14-9-10-17(26-14)15-3-1-2-4-16(15)22/h1-11H/b18-11+. The van der Waals surface area contributed by atoms with Crippen molar-refractivity contribution in [3.63, 3.8) is 0 Å². The Hall–Kier alpha value is -2.47. The lowest BCUT2D eigenvalue weighted by atomic mass is 10.2. The Labute approximate surface area is 169 Å². The van der Waals surface area contributed by atoms with Crippen molar-refractivity contribution in [2.24, 2.45) is 0 Å². The van der Waals surface area contributed by atoms with E-state index in [1.807, 2.05) is 18.2 Å². The zero-order chi connectivity index (χ0) is 19.0. The number of thioether (sulfide) groups is 1. The number of anilines is 1. The van der Waals surface area contributed by atoms with Gasteiger partial charge in [0.1, 0.15) is 11.5 Å². The highest BCUT2D eigenvalue weighted by Crippen LogP contribution is 2.37. The Morgan fingerprint density at radius 2 is 1.67 bits per heavy atom. The first-order valence-corrected chi connectivity index (χ1v) is 9.48. The summed E-state index contributed by atoms with van der Waals surface area (Å²) in [5, 5.41) is 0.733. The number of benzene rings is 2. The van der Waals surface area contributed by atoms with Crippen LogP contribution in [-0.2, 0) is 4.79 Å². The maximum Gasteiger partial charge on any atom is 0.298 e. The fourth-order valence-electron chi connectivity index (χ4n) is 2.65. The summed E-state index contributed by atoms with van der Waals surface area (Å²) >= 11 is 12.9. The van der Waals surface area contributed by atoms with Crippen LogP contribution in [0.4, 0.5) is 10.5 Å². The Balaban J connectivity index is 1.62. The van der Waals surface area contributed by atoms with Gasteiger partial charge in [0.15, 0.2) is 0 Å². The minimum absolute atomic E-state index is 0.287. The lowest BCUT2D eigenvalue weighted by Gasteiger charge is -2.11. The Morgan fingerprint density at radius 1 is 0.926 bits per heavy atom. The number of imide groups is 1. The van der Waals surface area contributed by atoms with Gasteiger partial charge in [-0.2, -0.15) is 0 Å². The Morgan fingerprint density at radius 3 is 2.41 bits per heavy atom. The van der Waals surface area contributed by atoms with Crippen LogP contribution in [0.25, 0.3) is 17.4 Å². The second-order valence-electron chi connectivity index (χ2n) is 5.68. The van der Waals surface area contributed by atoms with E-state index in [2.05, 4.69) is 0 Å². The van der Waals surface area contributed by atoms with Gasteiger partial charge in [-0.25, -0.2) is 4.90 Å². The van der Waals surface area contributed by atoms with Crippen molar-refractivity contribution >= 4 is 57.9 Å². The molecule has 134 valence electrons. The third kappa shape index (κ3) is 3.54. The lowest BCUT2D eigenvalue weighted by Crippen LogP contribution is -2.27. The van der Waals surface area contributed by atoms with E-state index in [0.717, 1.165) is 22.2 Å². The first-order valence-electron chi connectivity index (χ1n) is 7.91. The molecule has 0 spiro atoms. The molecule has 1 aromatic heterocycles. The van der Waals surface area contributed by atoms with Crippen molar-refractivity contribution in [2.75, 3.05) is 4.90 Å². The van der Waals surface area contributed by atoms with Crippen LogP contribution in [0.5, 0.6) is 0 Å². The van der Waals surface area contributed by atoms with Crippen LogP contribution in [0.2, 0.25) is 10.0 Å². The largest absolute Gasteiger partial charge is 0.457 e. The van der Waals surface area contributed by atoms with Crippen molar-refractivity contribution in [1.82, 2.24) is 0 Å². The van der Waals surface area contributed by atoms with E-state index in [4.69, 9.17) is 27.6 Å². The van der Waals surface area contributed by atoms with Gasteiger partial charge >= 0.3 is 0 Å². The molecule has 1 aliphatic heterocycles. The van der Waals surface area contributed by atoms with Crippen LogP contribution in [0.1, 0.15) is 5.76 Å². The van der Waals surface area contributed by atoms with E-state index in [9.17, 15) is 9.59 Å². The van der Waals surface area contributed by atoms with E-state index in [0.29, 0.717) is 27.3 Å². The van der Waals surface area contributed by atoms with Crippen LogP contribution < -0.4 is 4.90 Å². The molecule has 0 saturated carbocycles. The van der Waals surface area contributed by atoms with Gasteiger partial charge in [0, 0.05) is 16.7 Å². The molecule has 1 fully saturated rings. The van der Waals surface area contributed by atoms with Crippen LogP contribution in [0.15, 0.2) is 70.0 Å². The number of carbonyl (C=O) groups excluding carboxylic acids is 2. The second-order valence-corrected chi connectivity index (χ2v) is 7.51. The van der Waals surface area contributed by atoms with Gasteiger partial charge in [0.25, 0.3) is 11.1 Å². The maximum absolute atomic E-state index is 12.7. The summed E-state index contributed by atoms with van der Waals surface area (Å²) in [6.07, 6.45) is 1.56. The van der Waals surface area contributed by atoms with Crippen LogP contribution in [0, 0.1) is 0 Å². The van der Waals surface area contributed by atoms with E-state index in [-0.39, 0.29) is 10.1 Å². The fourth-order valence-corrected chi connectivity index (χ4v) is 3.82. The number of amides is 2.